The van der Waals surface area contributed by atoms with Gasteiger partial charge < -0.3 is 20.6 Å². The number of aliphatic hydroxyl groups is 3. The third-order valence-electron chi connectivity index (χ3n) is 12.7. The first-order valence-corrected chi connectivity index (χ1v) is 27.1. The van der Waals surface area contributed by atoms with Gasteiger partial charge in [-0.1, -0.05) is 269 Å². The molecular weight excluding hydrogens is 739 g/mol. The molecule has 0 saturated carbocycles. The second-order valence-electron chi connectivity index (χ2n) is 18.8. The first-order valence-electron chi connectivity index (χ1n) is 27.1. The number of hydrogen-bond donors (Lipinski definition) is 4. The van der Waals surface area contributed by atoms with E-state index in [4.69, 9.17) is 0 Å². The van der Waals surface area contributed by atoms with Crippen LogP contribution in [0.1, 0.15) is 296 Å². The highest BCUT2D eigenvalue weighted by molar-refractivity contribution is 5.76. The molecule has 0 aliphatic carbocycles. The molecule has 0 heterocycles. The third kappa shape index (κ3) is 46.3. The number of hydrogen-bond acceptors (Lipinski definition) is 4. The average Bonchev–Trinajstić information content (AvgIpc) is 3.24. The van der Waals surface area contributed by atoms with Crippen LogP contribution in [0.2, 0.25) is 0 Å². The molecular formula is C55H107NO4. The van der Waals surface area contributed by atoms with Gasteiger partial charge in [-0.3, -0.25) is 4.79 Å². The molecule has 356 valence electrons. The normalized spacial score (nSPS) is 13.5. The quantitative estimate of drug-likeness (QED) is 0.0363. The van der Waals surface area contributed by atoms with Crippen LogP contribution in [0.3, 0.4) is 0 Å². The molecule has 0 rings (SSSR count). The SMILES string of the molecule is CCCCCCCCCCCCCC/C=C\CCCCCCCC(O)CC(=O)NC(CO)C(O)/C=C/CCCCCCCCCCCCCCCCCCCCCCCC. The lowest BCUT2D eigenvalue weighted by molar-refractivity contribution is -0.124. The number of amides is 1. The van der Waals surface area contributed by atoms with Crippen LogP contribution in [0.15, 0.2) is 24.3 Å². The van der Waals surface area contributed by atoms with Gasteiger partial charge in [-0.2, -0.15) is 0 Å². The summed E-state index contributed by atoms with van der Waals surface area (Å²) in [5, 5.41) is 33.4. The zero-order valence-electron chi connectivity index (χ0n) is 40.6. The van der Waals surface area contributed by atoms with Crippen LogP contribution in [-0.4, -0.2) is 46.1 Å². The maximum atomic E-state index is 12.5. The highest BCUT2D eigenvalue weighted by Gasteiger charge is 2.20. The van der Waals surface area contributed by atoms with Crippen LogP contribution < -0.4 is 5.32 Å². The molecule has 0 aromatic heterocycles. The highest BCUT2D eigenvalue weighted by atomic mass is 16.3. The molecule has 0 radical (unpaired) electrons. The van der Waals surface area contributed by atoms with Crippen molar-refractivity contribution < 1.29 is 20.1 Å². The summed E-state index contributed by atoms with van der Waals surface area (Å²) in [5.74, 6) is -0.316. The number of rotatable bonds is 50. The van der Waals surface area contributed by atoms with Gasteiger partial charge in [0.1, 0.15) is 0 Å². The summed E-state index contributed by atoms with van der Waals surface area (Å²) in [4.78, 5) is 12.5. The van der Waals surface area contributed by atoms with Crippen LogP contribution in [0.4, 0.5) is 0 Å². The molecule has 5 heteroatoms. The Kier molecular flexibility index (Phi) is 49.5. The Morgan fingerprint density at radius 3 is 1.02 bits per heavy atom. The van der Waals surface area contributed by atoms with Crippen molar-refractivity contribution in [3.05, 3.63) is 24.3 Å². The van der Waals surface area contributed by atoms with Crippen molar-refractivity contribution in [1.29, 1.82) is 0 Å². The van der Waals surface area contributed by atoms with E-state index in [0.29, 0.717) is 6.42 Å². The van der Waals surface area contributed by atoms with Crippen molar-refractivity contribution in [1.82, 2.24) is 5.32 Å². The van der Waals surface area contributed by atoms with Crippen molar-refractivity contribution >= 4 is 5.91 Å². The van der Waals surface area contributed by atoms with E-state index in [0.717, 1.165) is 38.5 Å². The Hall–Kier alpha value is -1.17. The van der Waals surface area contributed by atoms with Crippen molar-refractivity contribution in [3.8, 4) is 0 Å². The van der Waals surface area contributed by atoms with E-state index in [1.165, 1.54) is 231 Å². The topological polar surface area (TPSA) is 89.8 Å². The number of aliphatic hydroxyl groups excluding tert-OH is 3. The molecule has 0 bridgehead atoms. The molecule has 0 aliphatic rings. The molecule has 60 heavy (non-hydrogen) atoms. The third-order valence-corrected chi connectivity index (χ3v) is 12.7. The van der Waals surface area contributed by atoms with E-state index in [1.54, 1.807) is 6.08 Å². The Morgan fingerprint density at radius 2 is 0.700 bits per heavy atom. The first-order chi connectivity index (χ1) is 29.5. The van der Waals surface area contributed by atoms with Crippen LogP contribution >= 0.6 is 0 Å². The first kappa shape index (κ1) is 58.8. The molecule has 5 nitrogen and oxygen atoms in total. The molecule has 3 unspecified atom stereocenters. The summed E-state index contributed by atoms with van der Waals surface area (Å²) in [7, 11) is 0. The number of nitrogens with one attached hydrogen (secondary N) is 1. The van der Waals surface area contributed by atoms with Crippen LogP contribution in [0.5, 0.6) is 0 Å². The standard InChI is InChI=1S/C55H107NO4/c1-3-5-7-9-11-13-15-17-19-21-23-25-26-27-29-31-33-35-37-39-41-43-45-47-49-54(59)53(51-57)56-55(60)50-52(58)48-46-44-42-40-38-36-34-32-30-28-24-22-20-18-16-14-12-10-8-6-4-2/h32,34,47,49,52-54,57-59H,3-31,33,35-46,48,50-51H2,1-2H3,(H,56,60)/b34-32-,49-47+. The van der Waals surface area contributed by atoms with E-state index in [9.17, 15) is 20.1 Å². The minimum atomic E-state index is -0.931. The Balaban J connectivity index is 3.59. The lowest BCUT2D eigenvalue weighted by Crippen LogP contribution is -2.45. The Labute approximate surface area is 375 Å². The van der Waals surface area contributed by atoms with E-state index in [2.05, 4.69) is 31.3 Å². The highest BCUT2D eigenvalue weighted by Crippen LogP contribution is 2.17. The number of allylic oxidation sites excluding steroid dienone is 3. The summed E-state index contributed by atoms with van der Waals surface area (Å²) in [6.07, 6.45) is 63.6. The van der Waals surface area contributed by atoms with Gasteiger partial charge in [-0.05, 0) is 44.9 Å². The van der Waals surface area contributed by atoms with Gasteiger partial charge in [0.05, 0.1) is 31.3 Å². The molecule has 0 aliphatic heterocycles. The fourth-order valence-electron chi connectivity index (χ4n) is 8.57. The maximum Gasteiger partial charge on any atom is 0.222 e. The Morgan fingerprint density at radius 1 is 0.417 bits per heavy atom. The molecule has 0 spiro atoms. The van der Waals surface area contributed by atoms with Gasteiger partial charge in [-0.15, -0.1) is 0 Å². The second-order valence-corrected chi connectivity index (χ2v) is 18.8. The van der Waals surface area contributed by atoms with Crippen molar-refractivity contribution in [2.24, 2.45) is 0 Å². The molecule has 0 aromatic carbocycles. The van der Waals surface area contributed by atoms with Gasteiger partial charge >= 0.3 is 0 Å². The van der Waals surface area contributed by atoms with Crippen LogP contribution in [-0.2, 0) is 4.79 Å². The lowest BCUT2D eigenvalue weighted by Gasteiger charge is -2.21. The Bertz CT molecular complexity index is 890. The second kappa shape index (κ2) is 50.5. The van der Waals surface area contributed by atoms with E-state index in [-0.39, 0.29) is 18.9 Å². The number of carbonyl (C=O) groups excluding carboxylic acids is 1. The van der Waals surface area contributed by atoms with Gasteiger partial charge in [0.15, 0.2) is 0 Å². The van der Waals surface area contributed by atoms with Gasteiger partial charge in [-0.25, -0.2) is 0 Å². The van der Waals surface area contributed by atoms with Crippen LogP contribution in [0, 0.1) is 0 Å². The molecule has 0 saturated heterocycles. The smallest absolute Gasteiger partial charge is 0.222 e. The molecule has 3 atom stereocenters. The van der Waals surface area contributed by atoms with Crippen molar-refractivity contribution in [3.63, 3.8) is 0 Å². The average molecular weight is 846 g/mol. The summed E-state index contributed by atoms with van der Waals surface area (Å²) >= 11 is 0. The van der Waals surface area contributed by atoms with Gasteiger partial charge in [0, 0.05) is 0 Å². The summed E-state index contributed by atoms with van der Waals surface area (Å²) in [5.41, 5.74) is 0. The summed E-state index contributed by atoms with van der Waals surface area (Å²) in [6, 6.07) is -0.746. The minimum Gasteiger partial charge on any atom is -0.394 e. The monoisotopic (exact) mass is 846 g/mol. The molecule has 4 N–H and O–H groups in total. The zero-order valence-corrected chi connectivity index (χ0v) is 40.6. The minimum absolute atomic E-state index is 0.0103. The largest absolute Gasteiger partial charge is 0.394 e. The van der Waals surface area contributed by atoms with Crippen molar-refractivity contribution in [2.75, 3.05) is 6.61 Å². The summed E-state index contributed by atoms with van der Waals surface area (Å²) < 4.78 is 0. The lowest BCUT2D eigenvalue weighted by atomic mass is 10.0. The number of unbranched alkanes of at least 4 members (excludes halogenated alkanes) is 39. The molecule has 0 aromatic rings. The van der Waals surface area contributed by atoms with Gasteiger partial charge in [0.25, 0.3) is 0 Å². The predicted octanol–water partition coefficient (Wildman–Crippen LogP) is 16.5. The predicted molar refractivity (Wildman–Crippen MR) is 264 cm³/mol. The summed E-state index contributed by atoms with van der Waals surface area (Å²) in [6.45, 7) is 4.25. The van der Waals surface area contributed by atoms with E-state index >= 15 is 0 Å². The van der Waals surface area contributed by atoms with E-state index < -0.39 is 18.2 Å². The fraction of sp³-hybridized carbons (Fsp3) is 0.909. The van der Waals surface area contributed by atoms with E-state index in [1.807, 2.05) is 6.08 Å². The van der Waals surface area contributed by atoms with Crippen LogP contribution in [0.25, 0.3) is 0 Å². The fourth-order valence-corrected chi connectivity index (χ4v) is 8.57. The molecule has 0 fully saturated rings. The zero-order chi connectivity index (χ0) is 43.7. The molecule has 1 amide bonds. The van der Waals surface area contributed by atoms with Crippen molar-refractivity contribution in [2.45, 2.75) is 315 Å². The maximum absolute atomic E-state index is 12.5. The van der Waals surface area contributed by atoms with Gasteiger partial charge in [0.2, 0.25) is 5.91 Å². The number of carbonyl (C=O) groups is 1.